The van der Waals surface area contributed by atoms with Gasteiger partial charge in [0.05, 0.1) is 0 Å². The standard InChI is InChI=1S/C15H20N4S/c20-15-18-17-14(13-7-9-16-10-8-13)19(15)11-3-6-12-4-1-2-5-12/h7-10,12H,1-6,11H2,(H,18,20). The Kier molecular flexibility index (Phi) is 4.25. The highest BCUT2D eigenvalue weighted by Crippen LogP contribution is 2.29. The fourth-order valence-corrected chi connectivity index (χ4v) is 3.31. The zero-order valence-corrected chi connectivity index (χ0v) is 12.4. The predicted octanol–water partition coefficient (Wildman–Crippen LogP) is 3.97. The molecule has 1 saturated carbocycles. The van der Waals surface area contributed by atoms with Crippen molar-refractivity contribution in [3.05, 3.63) is 29.3 Å². The van der Waals surface area contributed by atoms with Gasteiger partial charge in [-0.1, -0.05) is 25.7 Å². The third kappa shape index (κ3) is 2.98. The molecular formula is C15H20N4S. The van der Waals surface area contributed by atoms with Crippen molar-refractivity contribution in [3.63, 3.8) is 0 Å². The molecule has 4 nitrogen and oxygen atoms in total. The maximum Gasteiger partial charge on any atom is 0.195 e. The Morgan fingerprint density at radius 1 is 1.25 bits per heavy atom. The molecule has 0 bridgehead atoms. The molecule has 1 N–H and O–H groups in total. The predicted molar refractivity (Wildman–Crippen MR) is 81.8 cm³/mol. The molecule has 0 spiro atoms. The lowest BCUT2D eigenvalue weighted by Gasteiger charge is -2.10. The van der Waals surface area contributed by atoms with Crippen molar-refractivity contribution in [1.29, 1.82) is 0 Å². The zero-order valence-electron chi connectivity index (χ0n) is 11.6. The lowest BCUT2D eigenvalue weighted by atomic mass is 10.0. The SMILES string of the molecule is S=c1[nH]nc(-c2ccncc2)n1CCCC1CCCC1. The van der Waals surface area contributed by atoms with Gasteiger partial charge in [0, 0.05) is 24.5 Å². The van der Waals surface area contributed by atoms with Crippen LogP contribution in [0.4, 0.5) is 0 Å². The van der Waals surface area contributed by atoms with Crippen LogP contribution in [0.1, 0.15) is 38.5 Å². The minimum absolute atomic E-state index is 0.711. The first-order valence-corrected chi connectivity index (χ1v) is 7.81. The van der Waals surface area contributed by atoms with E-state index < -0.39 is 0 Å². The van der Waals surface area contributed by atoms with E-state index >= 15 is 0 Å². The minimum atomic E-state index is 0.711. The molecule has 5 heteroatoms. The van der Waals surface area contributed by atoms with E-state index in [1.54, 1.807) is 12.4 Å². The summed E-state index contributed by atoms with van der Waals surface area (Å²) in [4.78, 5) is 4.05. The summed E-state index contributed by atoms with van der Waals surface area (Å²) in [6.45, 7) is 0.948. The molecule has 3 rings (SSSR count). The molecule has 20 heavy (non-hydrogen) atoms. The van der Waals surface area contributed by atoms with Gasteiger partial charge >= 0.3 is 0 Å². The van der Waals surface area contributed by atoms with Gasteiger partial charge in [-0.25, -0.2) is 0 Å². The second kappa shape index (κ2) is 6.31. The summed E-state index contributed by atoms with van der Waals surface area (Å²) >= 11 is 5.35. The normalized spacial score (nSPS) is 15.8. The fraction of sp³-hybridized carbons (Fsp3) is 0.533. The average Bonchev–Trinajstić information content (AvgIpc) is 3.11. The number of nitrogens with one attached hydrogen (secondary N) is 1. The number of hydrogen-bond donors (Lipinski definition) is 1. The van der Waals surface area contributed by atoms with Gasteiger partial charge in [0.1, 0.15) is 0 Å². The smallest absolute Gasteiger partial charge is 0.195 e. The summed E-state index contributed by atoms with van der Waals surface area (Å²) in [5, 5.41) is 7.26. The Balaban J connectivity index is 1.69. The van der Waals surface area contributed by atoms with Gasteiger partial charge in [0.25, 0.3) is 0 Å². The third-order valence-electron chi connectivity index (χ3n) is 4.17. The number of aromatic nitrogens is 4. The molecule has 106 valence electrons. The Morgan fingerprint density at radius 3 is 2.75 bits per heavy atom. The number of aromatic amines is 1. The Bertz CT molecular complexity index is 596. The maximum atomic E-state index is 5.35. The van der Waals surface area contributed by atoms with E-state index in [0.29, 0.717) is 4.77 Å². The first kappa shape index (κ1) is 13.5. The largest absolute Gasteiger partial charge is 0.300 e. The third-order valence-corrected chi connectivity index (χ3v) is 4.48. The summed E-state index contributed by atoms with van der Waals surface area (Å²) in [7, 11) is 0. The highest BCUT2D eigenvalue weighted by atomic mass is 32.1. The zero-order chi connectivity index (χ0) is 13.8. The van der Waals surface area contributed by atoms with Gasteiger partial charge in [-0.2, -0.15) is 5.10 Å². The Morgan fingerprint density at radius 2 is 2.00 bits per heavy atom. The van der Waals surface area contributed by atoms with Crippen LogP contribution < -0.4 is 0 Å². The highest BCUT2D eigenvalue weighted by molar-refractivity contribution is 7.71. The molecule has 0 atom stereocenters. The summed E-state index contributed by atoms with van der Waals surface area (Å²) < 4.78 is 2.82. The van der Waals surface area contributed by atoms with Crippen molar-refractivity contribution in [3.8, 4) is 11.4 Å². The fourth-order valence-electron chi connectivity index (χ4n) is 3.08. The van der Waals surface area contributed by atoms with Crippen LogP contribution in [0.2, 0.25) is 0 Å². The van der Waals surface area contributed by atoms with E-state index in [-0.39, 0.29) is 0 Å². The summed E-state index contributed by atoms with van der Waals surface area (Å²) in [5.74, 6) is 1.85. The molecular weight excluding hydrogens is 268 g/mol. The molecule has 2 aromatic rings. The quantitative estimate of drug-likeness (QED) is 0.847. The van der Waals surface area contributed by atoms with Gasteiger partial charge in [-0.3, -0.25) is 10.1 Å². The summed E-state index contributed by atoms with van der Waals surface area (Å²) in [5.41, 5.74) is 1.06. The van der Waals surface area contributed by atoms with Crippen LogP contribution in [0.3, 0.4) is 0 Å². The molecule has 0 amide bonds. The van der Waals surface area contributed by atoms with Crippen molar-refractivity contribution >= 4 is 12.2 Å². The average molecular weight is 288 g/mol. The van der Waals surface area contributed by atoms with Crippen LogP contribution in [0.5, 0.6) is 0 Å². The molecule has 1 fully saturated rings. The molecule has 0 unspecified atom stereocenters. The first-order valence-electron chi connectivity index (χ1n) is 7.40. The van der Waals surface area contributed by atoms with Crippen LogP contribution in [0.25, 0.3) is 11.4 Å². The maximum absolute atomic E-state index is 5.35. The number of H-pyrrole nitrogens is 1. The molecule has 0 aliphatic heterocycles. The number of rotatable bonds is 5. The van der Waals surface area contributed by atoms with Crippen LogP contribution in [0.15, 0.2) is 24.5 Å². The minimum Gasteiger partial charge on any atom is -0.300 e. The second-order valence-corrected chi connectivity index (χ2v) is 5.92. The van der Waals surface area contributed by atoms with Crippen molar-refractivity contribution in [2.24, 2.45) is 5.92 Å². The lowest BCUT2D eigenvalue weighted by molar-refractivity contribution is 0.458. The first-order chi connectivity index (χ1) is 9.84. The molecule has 1 aliphatic rings. The highest BCUT2D eigenvalue weighted by Gasteiger charge is 2.15. The Labute approximate surface area is 124 Å². The summed E-state index contributed by atoms with van der Waals surface area (Å²) in [6.07, 6.45) is 11.7. The van der Waals surface area contributed by atoms with Crippen molar-refractivity contribution in [2.45, 2.75) is 45.1 Å². The summed E-state index contributed by atoms with van der Waals surface area (Å²) in [6, 6.07) is 3.94. The second-order valence-electron chi connectivity index (χ2n) is 5.53. The molecule has 2 heterocycles. The lowest BCUT2D eigenvalue weighted by Crippen LogP contribution is -2.03. The molecule has 0 radical (unpaired) electrons. The van der Waals surface area contributed by atoms with E-state index in [2.05, 4.69) is 19.7 Å². The van der Waals surface area contributed by atoms with Crippen LogP contribution in [-0.4, -0.2) is 19.7 Å². The van der Waals surface area contributed by atoms with E-state index in [0.717, 1.165) is 23.9 Å². The van der Waals surface area contributed by atoms with Crippen LogP contribution >= 0.6 is 12.2 Å². The van der Waals surface area contributed by atoms with Crippen molar-refractivity contribution in [2.75, 3.05) is 0 Å². The molecule has 0 aromatic carbocycles. The van der Waals surface area contributed by atoms with Gasteiger partial charge in [-0.05, 0) is 43.1 Å². The van der Waals surface area contributed by atoms with Crippen LogP contribution in [0, 0.1) is 10.7 Å². The molecule has 1 aliphatic carbocycles. The number of hydrogen-bond acceptors (Lipinski definition) is 3. The van der Waals surface area contributed by atoms with E-state index in [9.17, 15) is 0 Å². The van der Waals surface area contributed by atoms with Gasteiger partial charge in [0.15, 0.2) is 10.6 Å². The van der Waals surface area contributed by atoms with Crippen LogP contribution in [-0.2, 0) is 6.54 Å². The number of nitrogens with zero attached hydrogens (tertiary/aromatic N) is 3. The molecule has 0 saturated heterocycles. The van der Waals surface area contributed by atoms with Crippen molar-refractivity contribution < 1.29 is 0 Å². The topological polar surface area (TPSA) is 46.5 Å². The van der Waals surface area contributed by atoms with Crippen molar-refractivity contribution in [1.82, 2.24) is 19.7 Å². The monoisotopic (exact) mass is 288 g/mol. The van der Waals surface area contributed by atoms with E-state index in [4.69, 9.17) is 12.2 Å². The van der Waals surface area contributed by atoms with E-state index in [1.165, 1.54) is 38.5 Å². The van der Waals surface area contributed by atoms with E-state index in [1.807, 2.05) is 12.1 Å². The van der Waals surface area contributed by atoms with Gasteiger partial charge in [0.2, 0.25) is 0 Å². The Hall–Kier alpha value is -1.49. The van der Waals surface area contributed by atoms with Gasteiger partial charge < -0.3 is 4.57 Å². The van der Waals surface area contributed by atoms with Gasteiger partial charge in [-0.15, -0.1) is 0 Å². The number of pyridine rings is 1. The molecule has 2 aromatic heterocycles.